The van der Waals surface area contributed by atoms with E-state index in [1.54, 1.807) is 7.11 Å². The van der Waals surface area contributed by atoms with Crippen molar-refractivity contribution in [3.8, 4) is 11.5 Å². The van der Waals surface area contributed by atoms with Gasteiger partial charge in [0.15, 0.2) is 6.79 Å². The van der Waals surface area contributed by atoms with E-state index >= 15 is 0 Å². The molecule has 0 aliphatic rings. The Morgan fingerprint density at radius 3 is 2.03 bits per heavy atom. The van der Waals surface area contributed by atoms with Gasteiger partial charge in [-0.25, -0.2) is 0 Å². The molecule has 3 aromatic rings. The molecule has 1 atom stereocenters. The highest BCUT2D eigenvalue weighted by Gasteiger charge is 2.44. The first-order valence-electron chi connectivity index (χ1n) is 13.5. The molecule has 4 nitrogen and oxygen atoms in total. The van der Waals surface area contributed by atoms with Crippen molar-refractivity contribution in [3.63, 3.8) is 0 Å². The van der Waals surface area contributed by atoms with E-state index in [0.717, 1.165) is 22.4 Å². The van der Waals surface area contributed by atoms with Crippen LogP contribution in [0.4, 0.5) is 0 Å². The molecule has 0 heterocycles. The van der Waals surface area contributed by atoms with Crippen LogP contribution in [0, 0.1) is 25.7 Å². The molecule has 5 heteroatoms. The summed E-state index contributed by atoms with van der Waals surface area (Å²) in [5.41, 5.74) is 7.35. The number of ether oxygens (including phenoxy) is 2. The fraction of sp³-hybridized carbons (Fsp3) is 0.455. The minimum atomic E-state index is -0.836. The minimum absolute atomic E-state index is 0.108. The summed E-state index contributed by atoms with van der Waals surface area (Å²) in [5.74, 6) is 2.30. The topological polar surface area (TPSA) is 47.9 Å². The van der Waals surface area contributed by atoms with E-state index in [9.17, 15) is 5.11 Å². The summed E-state index contributed by atoms with van der Waals surface area (Å²) >= 11 is 0. The predicted molar refractivity (Wildman–Crippen MR) is 156 cm³/mol. The van der Waals surface area contributed by atoms with Crippen LogP contribution in [0.15, 0.2) is 54.6 Å². The van der Waals surface area contributed by atoms with Crippen molar-refractivity contribution >= 4 is 10.5 Å². The van der Waals surface area contributed by atoms with E-state index < -0.39 is 6.10 Å². The maximum Gasteiger partial charge on any atom is 0.341 e. The second kappa shape index (κ2) is 12.5. The van der Waals surface area contributed by atoms with Gasteiger partial charge in [0.25, 0.3) is 0 Å². The molecule has 1 unspecified atom stereocenters. The number of hydrogen-bond donors (Lipinski definition) is 1. The standard InChI is InChI=1S/C33H43O4Si/c1-20(2)30-24(8)31(23(7)17-29(30)37-38)33(21(3)4,22(5)6)26-15-16-28(36-19-35-9)27(18-26)32(34)25-13-11-10-12-14-25/h10-18,20-22,32,34H,19H2,1-9H3. The Kier molecular flexibility index (Phi) is 9.85. The van der Waals surface area contributed by atoms with Crippen LogP contribution in [0.2, 0.25) is 0 Å². The second-order valence-corrected chi connectivity index (χ2v) is 11.4. The van der Waals surface area contributed by atoms with E-state index in [1.807, 2.05) is 36.4 Å². The van der Waals surface area contributed by atoms with Gasteiger partial charge in [0.2, 0.25) is 0 Å². The number of aryl methyl sites for hydroxylation is 1. The minimum Gasteiger partial charge on any atom is -0.540 e. The molecule has 1 N–H and O–H groups in total. The third kappa shape index (κ3) is 5.42. The van der Waals surface area contributed by atoms with Gasteiger partial charge in [0, 0.05) is 18.1 Å². The van der Waals surface area contributed by atoms with Crippen LogP contribution in [-0.2, 0) is 10.2 Å². The van der Waals surface area contributed by atoms with Gasteiger partial charge >= 0.3 is 10.5 Å². The summed E-state index contributed by atoms with van der Waals surface area (Å²) in [5, 5.41) is 11.6. The van der Waals surface area contributed by atoms with Gasteiger partial charge in [0.05, 0.1) is 0 Å². The van der Waals surface area contributed by atoms with Gasteiger partial charge in [-0.1, -0.05) is 77.9 Å². The maximum atomic E-state index is 11.6. The zero-order valence-corrected chi connectivity index (χ0v) is 25.4. The first-order valence-corrected chi connectivity index (χ1v) is 13.9. The Balaban J connectivity index is 2.39. The van der Waals surface area contributed by atoms with Crippen molar-refractivity contribution in [1.29, 1.82) is 0 Å². The number of rotatable bonds is 11. The number of aliphatic hydroxyl groups is 1. The van der Waals surface area contributed by atoms with Gasteiger partial charge in [-0.05, 0) is 83.2 Å². The average molecular weight is 532 g/mol. The highest BCUT2D eigenvalue weighted by molar-refractivity contribution is 6.00. The summed E-state index contributed by atoms with van der Waals surface area (Å²) in [6.07, 6.45) is -0.836. The molecule has 0 spiro atoms. The normalized spacial score (nSPS) is 12.9. The van der Waals surface area contributed by atoms with Crippen LogP contribution in [0.1, 0.15) is 92.5 Å². The maximum absolute atomic E-state index is 11.6. The highest BCUT2D eigenvalue weighted by Crippen LogP contribution is 2.51. The van der Waals surface area contributed by atoms with Crippen molar-refractivity contribution in [3.05, 3.63) is 93.5 Å². The number of benzene rings is 3. The molecule has 0 saturated carbocycles. The molecular formula is C33H43O4Si. The molecule has 203 valence electrons. The Hall–Kier alpha value is -2.60. The number of hydrogen-bond acceptors (Lipinski definition) is 4. The molecule has 3 aromatic carbocycles. The van der Waals surface area contributed by atoms with E-state index in [0.29, 0.717) is 5.75 Å². The van der Waals surface area contributed by atoms with Gasteiger partial charge in [-0.15, -0.1) is 0 Å². The van der Waals surface area contributed by atoms with Gasteiger partial charge < -0.3 is 19.0 Å². The molecule has 3 radical (unpaired) electrons. The second-order valence-electron chi connectivity index (χ2n) is 11.2. The highest BCUT2D eigenvalue weighted by atomic mass is 28.2. The van der Waals surface area contributed by atoms with Crippen LogP contribution < -0.4 is 9.16 Å². The fourth-order valence-corrected chi connectivity index (χ4v) is 6.71. The molecule has 38 heavy (non-hydrogen) atoms. The van der Waals surface area contributed by atoms with Crippen LogP contribution in [0.3, 0.4) is 0 Å². The quantitative estimate of drug-likeness (QED) is 0.205. The zero-order valence-electron chi connectivity index (χ0n) is 24.4. The lowest BCUT2D eigenvalue weighted by molar-refractivity contribution is 0.0487. The largest absolute Gasteiger partial charge is 0.540 e. The SMILES string of the molecule is COCOc1ccc(C(c2c(C)cc(O[Si])c(C(C)C)c2C)(C(C)C)C(C)C)cc1C(O)c1ccccc1. The lowest BCUT2D eigenvalue weighted by Gasteiger charge is -2.46. The molecular weight excluding hydrogens is 488 g/mol. The van der Waals surface area contributed by atoms with E-state index in [-0.39, 0.29) is 30.0 Å². The number of aliphatic hydroxyl groups excluding tert-OH is 1. The smallest absolute Gasteiger partial charge is 0.341 e. The first-order chi connectivity index (χ1) is 18.0. The predicted octanol–water partition coefficient (Wildman–Crippen LogP) is 7.55. The fourth-order valence-electron chi connectivity index (χ4n) is 6.54. The molecule has 0 bridgehead atoms. The van der Waals surface area contributed by atoms with E-state index in [4.69, 9.17) is 13.9 Å². The molecule has 0 aromatic heterocycles. The summed E-state index contributed by atoms with van der Waals surface area (Å²) in [6.45, 7) is 18.1. The summed E-state index contributed by atoms with van der Waals surface area (Å²) in [6, 6.07) is 18.2. The molecule has 0 aliphatic carbocycles. The Morgan fingerprint density at radius 2 is 1.50 bits per heavy atom. The monoisotopic (exact) mass is 531 g/mol. The molecule has 0 saturated heterocycles. The summed E-state index contributed by atoms with van der Waals surface area (Å²) in [7, 11) is 4.90. The van der Waals surface area contributed by atoms with Crippen molar-refractivity contribution in [1.82, 2.24) is 0 Å². The summed E-state index contributed by atoms with van der Waals surface area (Å²) < 4.78 is 16.8. The van der Waals surface area contributed by atoms with Crippen molar-refractivity contribution in [2.24, 2.45) is 11.8 Å². The first kappa shape index (κ1) is 29.9. The molecule has 3 rings (SSSR count). The van der Waals surface area contributed by atoms with Crippen LogP contribution in [-0.4, -0.2) is 29.5 Å². The van der Waals surface area contributed by atoms with E-state index in [1.165, 1.54) is 22.3 Å². The lowest BCUT2D eigenvalue weighted by atomic mass is 9.58. The van der Waals surface area contributed by atoms with Crippen LogP contribution in [0.25, 0.3) is 0 Å². The van der Waals surface area contributed by atoms with E-state index in [2.05, 4.69) is 84.1 Å². The van der Waals surface area contributed by atoms with Crippen molar-refractivity contribution in [2.75, 3.05) is 13.9 Å². The lowest BCUT2D eigenvalue weighted by Crippen LogP contribution is -2.41. The zero-order chi connectivity index (χ0) is 28.2. The molecule has 0 amide bonds. The molecule has 0 aliphatic heterocycles. The van der Waals surface area contributed by atoms with Gasteiger partial charge in [-0.2, -0.15) is 0 Å². The average Bonchev–Trinajstić information content (AvgIpc) is 2.88. The van der Waals surface area contributed by atoms with Crippen LogP contribution >= 0.6 is 0 Å². The Labute approximate surface area is 232 Å². The van der Waals surface area contributed by atoms with Gasteiger partial charge in [-0.3, -0.25) is 0 Å². The third-order valence-electron chi connectivity index (χ3n) is 7.94. The van der Waals surface area contributed by atoms with Gasteiger partial charge in [0.1, 0.15) is 17.6 Å². The Bertz CT molecular complexity index is 1210. The van der Waals surface area contributed by atoms with Crippen molar-refractivity contribution < 1.29 is 19.0 Å². The van der Waals surface area contributed by atoms with Crippen molar-refractivity contribution in [2.45, 2.75) is 72.8 Å². The number of methoxy groups -OCH3 is 1. The summed E-state index contributed by atoms with van der Waals surface area (Å²) in [4.78, 5) is 0. The third-order valence-corrected chi connectivity index (χ3v) is 8.16. The Morgan fingerprint density at radius 1 is 0.868 bits per heavy atom. The van der Waals surface area contributed by atoms with Crippen LogP contribution in [0.5, 0.6) is 11.5 Å². The molecule has 0 fully saturated rings.